The summed E-state index contributed by atoms with van der Waals surface area (Å²) in [5, 5.41) is 4.32. The van der Waals surface area contributed by atoms with E-state index in [0.717, 1.165) is 19.4 Å². The second kappa shape index (κ2) is 7.45. The number of nitrogens with zero attached hydrogens (tertiary/aromatic N) is 2. The van der Waals surface area contributed by atoms with Crippen LogP contribution in [0.4, 0.5) is 0 Å². The number of nitrogens with one attached hydrogen (secondary N) is 1. The number of aromatic nitrogens is 1. The molecule has 0 aromatic carbocycles. The molecule has 1 aromatic heterocycles. The summed E-state index contributed by atoms with van der Waals surface area (Å²) in [6.45, 7) is 1.98. The lowest BCUT2D eigenvalue weighted by Crippen LogP contribution is -2.33. The van der Waals surface area contributed by atoms with Crippen LogP contribution in [0.2, 0.25) is 0 Å². The third-order valence-corrected chi connectivity index (χ3v) is 4.33. The first-order valence-corrected chi connectivity index (χ1v) is 7.61. The Morgan fingerprint density at radius 2 is 2.32 bits per heavy atom. The number of fused-ring (bicyclic) bond motifs is 1. The molecule has 19 heavy (non-hydrogen) atoms. The highest BCUT2D eigenvalue weighted by atomic mass is 32.1. The lowest BCUT2D eigenvalue weighted by atomic mass is 10.0. The van der Waals surface area contributed by atoms with Gasteiger partial charge >= 0.3 is 0 Å². The summed E-state index contributed by atoms with van der Waals surface area (Å²) in [5.41, 5.74) is 7.07. The van der Waals surface area contributed by atoms with Gasteiger partial charge < -0.3 is 15.8 Å². The van der Waals surface area contributed by atoms with Gasteiger partial charge in [-0.05, 0) is 25.7 Å². The minimum absolute atomic E-state index is 0.485. The number of thiazole rings is 1. The normalized spacial score (nSPS) is 15.3. The highest BCUT2D eigenvalue weighted by molar-refractivity contribution is 7.11. The Labute approximate surface area is 118 Å². The number of methoxy groups -OCH3 is 1. The van der Waals surface area contributed by atoms with Crippen molar-refractivity contribution in [3.05, 3.63) is 15.6 Å². The lowest BCUT2D eigenvalue weighted by Gasteiger charge is -2.06. The summed E-state index contributed by atoms with van der Waals surface area (Å²) < 4.78 is 4.91. The molecule has 6 heteroatoms. The molecule has 0 fully saturated rings. The highest BCUT2D eigenvalue weighted by Gasteiger charge is 2.14. The fourth-order valence-electron chi connectivity index (χ4n) is 2.12. The van der Waals surface area contributed by atoms with E-state index in [2.05, 4.69) is 10.3 Å². The number of rotatable bonds is 6. The van der Waals surface area contributed by atoms with Crippen molar-refractivity contribution < 1.29 is 4.74 Å². The Kier molecular flexibility index (Phi) is 5.60. The Bertz CT molecular complexity index is 407. The van der Waals surface area contributed by atoms with E-state index in [1.165, 1.54) is 34.8 Å². The SMILES string of the molecule is COCCN=C(N)NCCc1nc2c(s1)CCCC2. The second-order valence-electron chi connectivity index (χ2n) is 4.62. The lowest BCUT2D eigenvalue weighted by molar-refractivity contribution is 0.208. The van der Waals surface area contributed by atoms with Crippen LogP contribution in [0, 0.1) is 0 Å². The molecule has 0 aliphatic heterocycles. The third-order valence-electron chi connectivity index (χ3n) is 3.11. The number of nitrogens with two attached hydrogens (primary N) is 1. The Morgan fingerprint density at radius 1 is 1.47 bits per heavy atom. The van der Waals surface area contributed by atoms with Crippen LogP contribution in [-0.2, 0) is 24.0 Å². The molecule has 0 spiro atoms. The van der Waals surface area contributed by atoms with Crippen LogP contribution < -0.4 is 11.1 Å². The molecule has 3 N–H and O–H groups in total. The van der Waals surface area contributed by atoms with Crippen molar-refractivity contribution in [2.24, 2.45) is 10.7 Å². The zero-order valence-corrected chi connectivity index (χ0v) is 12.3. The summed E-state index contributed by atoms with van der Waals surface area (Å²) in [6.07, 6.45) is 5.87. The molecular formula is C13H22N4OS. The molecule has 0 unspecified atom stereocenters. The van der Waals surface area contributed by atoms with E-state index >= 15 is 0 Å². The Balaban J connectivity index is 1.73. The molecule has 0 radical (unpaired) electrons. The molecule has 5 nitrogen and oxygen atoms in total. The van der Waals surface area contributed by atoms with Crippen LogP contribution in [0.15, 0.2) is 4.99 Å². The van der Waals surface area contributed by atoms with Crippen molar-refractivity contribution >= 4 is 17.3 Å². The standard InChI is InChI=1S/C13H22N4OS/c1-18-9-8-16-13(14)15-7-6-12-17-10-4-2-3-5-11(10)19-12/h2-9H2,1H3,(H3,14,15,16). The molecule has 106 valence electrons. The maximum Gasteiger partial charge on any atom is 0.188 e. The van der Waals surface area contributed by atoms with Crippen molar-refractivity contribution in [3.8, 4) is 0 Å². The quantitative estimate of drug-likeness (QED) is 0.466. The van der Waals surface area contributed by atoms with Crippen molar-refractivity contribution in [1.82, 2.24) is 10.3 Å². The van der Waals surface area contributed by atoms with Crippen LogP contribution in [-0.4, -0.2) is 37.7 Å². The van der Waals surface area contributed by atoms with Gasteiger partial charge in [-0.3, -0.25) is 4.99 Å². The van der Waals surface area contributed by atoms with Gasteiger partial charge in [0.2, 0.25) is 0 Å². The molecule has 0 atom stereocenters. The van der Waals surface area contributed by atoms with Gasteiger partial charge in [0.25, 0.3) is 0 Å². The zero-order valence-electron chi connectivity index (χ0n) is 11.4. The highest BCUT2D eigenvalue weighted by Crippen LogP contribution is 2.26. The summed E-state index contributed by atoms with van der Waals surface area (Å²) in [4.78, 5) is 10.3. The summed E-state index contributed by atoms with van der Waals surface area (Å²) >= 11 is 1.86. The molecule has 0 amide bonds. The van der Waals surface area contributed by atoms with E-state index < -0.39 is 0 Å². The molecule has 1 aliphatic rings. The summed E-state index contributed by atoms with van der Waals surface area (Å²) in [6, 6.07) is 0. The molecule has 0 bridgehead atoms. The third kappa shape index (κ3) is 4.47. The van der Waals surface area contributed by atoms with Gasteiger partial charge in [0.05, 0.1) is 23.9 Å². The van der Waals surface area contributed by atoms with Crippen LogP contribution in [0.5, 0.6) is 0 Å². The molecule has 1 aliphatic carbocycles. The Hall–Kier alpha value is -1.14. The summed E-state index contributed by atoms with van der Waals surface area (Å²) in [7, 11) is 1.66. The first-order valence-electron chi connectivity index (χ1n) is 6.80. The largest absolute Gasteiger partial charge is 0.383 e. The van der Waals surface area contributed by atoms with Crippen molar-refractivity contribution in [3.63, 3.8) is 0 Å². The number of guanidine groups is 1. The number of hydrogen-bond donors (Lipinski definition) is 2. The molecule has 0 saturated heterocycles. The van der Waals surface area contributed by atoms with Gasteiger partial charge in [-0.25, -0.2) is 4.98 Å². The first kappa shape index (κ1) is 14.3. The fourth-order valence-corrected chi connectivity index (χ4v) is 3.28. The molecule has 0 saturated carbocycles. The molecule has 1 aromatic rings. The predicted octanol–water partition coefficient (Wildman–Crippen LogP) is 1.12. The van der Waals surface area contributed by atoms with Gasteiger partial charge in [-0.15, -0.1) is 11.3 Å². The fraction of sp³-hybridized carbons (Fsp3) is 0.692. The van der Waals surface area contributed by atoms with Gasteiger partial charge in [-0.1, -0.05) is 0 Å². The minimum Gasteiger partial charge on any atom is -0.383 e. The average Bonchev–Trinajstić information content (AvgIpc) is 2.81. The van der Waals surface area contributed by atoms with Crippen molar-refractivity contribution in [2.45, 2.75) is 32.1 Å². The minimum atomic E-state index is 0.485. The van der Waals surface area contributed by atoms with E-state index in [-0.39, 0.29) is 0 Å². The monoisotopic (exact) mass is 282 g/mol. The van der Waals surface area contributed by atoms with Crippen molar-refractivity contribution in [2.75, 3.05) is 26.8 Å². The van der Waals surface area contributed by atoms with E-state index in [9.17, 15) is 0 Å². The maximum absolute atomic E-state index is 5.74. The van der Waals surface area contributed by atoms with E-state index in [4.69, 9.17) is 15.5 Å². The van der Waals surface area contributed by atoms with Crippen LogP contribution in [0.1, 0.15) is 28.4 Å². The average molecular weight is 282 g/mol. The number of aryl methyl sites for hydroxylation is 2. The maximum atomic E-state index is 5.74. The predicted molar refractivity (Wildman–Crippen MR) is 78.8 cm³/mol. The topological polar surface area (TPSA) is 72.5 Å². The molecular weight excluding hydrogens is 260 g/mol. The first-order chi connectivity index (χ1) is 9.29. The zero-order chi connectivity index (χ0) is 13.5. The van der Waals surface area contributed by atoms with E-state index in [0.29, 0.717) is 19.1 Å². The number of hydrogen-bond acceptors (Lipinski definition) is 4. The number of aliphatic imine (C=N–C) groups is 1. The van der Waals surface area contributed by atoms with Crippen LogP contribution in [0.3, 0.4) is 0 Å². The molecule has 1 heterocycles. The van der Waals surface area contributed by atoms with Crippen LogP contribution >= 0.6 is 11.3 Å². The van der Waals surface area contributed by atoms with Gasteiger partial charge in [-0.2, -0.15) is 0 Å². The number of ether oxygens (including phenoxy) is 1. The van der Waals surface area contributed by atoms with E-state index in [1.54, 1.807) is 7.11 Å². The van der Waals surface area contributed by atoms with Crippen LogP contribution in [0.25, 0.3) is 0 Å². The van der Waals surface area contributed by atoms with Gasteiger partial charge in [0.15, 0.2) is 5.96 Å². The Morgan fingerprint density at radius 3 is 3.11 bits per heavy atom. The van der Waals surface area contributed by atoms with Gasteiger partial charge in [0, 0.05) is 25.0 Å². The summed E-state index contributed by atoms with van der Waals surface area (Å²) in [5.74, 6) is 0.485. The second-order valence-corrected chi connectivity index (χ2v) is 5.79. The molecule has 2 rings (SSSR count). The van der Waals surface area contributed by atoms with E-state index in [1.807, 2.05) is 11.3 Å². The van der Waals surface area contributed by atoms with Crippen molar-refractivity contribution in [1.29, 1.82) is 0 Å². The smallest absolute Gasteiger partial charge is 0.188 e. The van der Waals surface area contributed by atoms with Gasteiger partial charge in [0.1, 0.15) is 0 Å².